The Morgan fingerprint density at radius 1 is 0.523 bits per heavy atom. The number of amides is 2. The molecule has 4 nitrogen and oxygen atoms in total. The van der Waals surface area contributed by atoms with Gasteiger partial charge in [0.1, 0.15) is 0 Å². The van der Waals surface area contributed by atoms with Gasteiger partial charge in [-0.15, -0.1) is 0 Å². The predicted octanol–water partition coefficient (Wildman–Crippen LogP) is 8.21. The second kappa shape index (κ2) is 16.0. The second-order valence-electron chi connectivity index (χ2n) is 12.8. The van der Waals surface area contributed by atoms with Gasteiger partial charge in [0.15, 0.2) is 0 Å². The molecule has 1 unspecified atom stereocenters. The van der Waals surface area contributed by atoms with Gasteiger partial charge in [0.25, 0.3) is 0 Å². The second-order valence-corrected chi connectivity index (χ2v) is 12.8. The van der Waals surface area contributed by atoms with Crippen molar-refractivity contribution in [2.45, 2.75) is 72.8 Å². The summed E-state index contributed by atoms with van der Waals surface area (Å²) in [4.78, 5) is 25.5. The smallest absolute Gasteiger partial charge is 0.224 e. The van der Waals surface area contributed by atoms with Crippen LogP contribution in [-0.4, -0.2) is 24.4 Å². The van der Waals surface area contributed by atoms with Crippen molar-refractivity contribution in [1.29, 1.82) is 0 Å². The van der Waals surface area contributed by atoms with E-state index in [0.717, 1.165) is 41.5 Å². The van der Waals surface area contributed by atoms with Gasteiger partial charge in [-0.25, -0.2) is 0 Å². The van der Waals surface area contributed by atoms with Gasteiger partial charge in [0, 0.05) is 12.6 Å². The highest BCUT2D eigenvalue weighted by Gasteiger charge is 2.13. The normalized spacial score (nSPS) is 11.9. The molecule has 4 aromatic rings. The number of hydrogen-bond donors (Lipinski definition) is 2. The molecule has 4 aromatic carbocycles. The topological polar surface area (TPSA) is 58.2 Å². The fraction of sp³-hybridized carbons (Fsp3) is 0.350. The molecule has 0 aliphatic heterocycles. The van der Waals surface area contributed by atoms with E-state index in [9.17, 15) is 9.59 Å². The Morgan fingerprint density at radius 2 is 0.864 bits per heavy atom. The number of carbonyl (C=O) groups excluding carboxylic acids is 2. The molecule has 230 valence electrons. The van der Waals surface area contributed by atoms with Gasteiger partial charge in [-0.05, 0) is 75.6 Å². The third kappa shape index (κ3) is 10.2. The van der Waals surface area contributed by atoms with Gasteiger partial charge in [-0.2, -0.15) is 0 Å². The fourth-order valence-electron chi connectivity index (χ4n) is 5.49. The van der Waals surface area contributed by atoms with Crippen molar-refractivity contribution in [3.8, 4) is 22.3 Å². The molecule has 0 bridgehead atoms. The average molecular weight is 589 g/mol. The van der Waals surface area contributed by atoms with Crippen LogP contribution in [0.4, 0.5) is 0 Å². The molecule has 2 amide bonds. The van der Waals surface area contributed by atoms with Gasteiger partial charge in [0.2, 0.25) is 11.8 Å². The van der Waals surface area contributed by atoms with Crippen LogP contribution in [-0.2, 0) is 35.3 Å². The number of nitrogens with one attached hydrogen (secondary N) is 2. The van der Waals surface area contributed by atoms with Crippen molar-refractivity contribution in [1.82, 2.24) is 10.6 Å². The number of rotatable bonds is 14. The lowest BCUT2D eigenvalue weighted by Gasteiger charge is -2.18. The first-order valence-electron chi connectivity index (χ1n) is 16.1. The maximum atomic E-state index is 12.8. The highest BCUT2D eigenvalue weighted by Crippen LogP contribution is 2.23. The van der Waals surface area contributed by atoms with E-state index >= 15 is 0 Å². The van der Waals surface area contributed by atoms with Gasteiger partial charge in [-0.1, -0.05) is 132 Å². The van der Waals surface area contributed by atoms with Crippen LogP contribution < -0.4 is 10.6 Å². The summed E-state index contributed by atoms with van der Waals surface area (Å²) in [5.74, 6) is 1.20. The molecule has 4 rings (SSSR count). The Balaban J connectivity index is 1.21. The summed E-state index contributed by atoms with van der Waals surface area (Å²) >= 11 is 0. The van der Waals surface area contributed by atoms with Crippen molar-refractivity contribution in [3.05, 3.63) is 119 Å². The van der Waals surface area contributed by atoms with Crippen LogP contribution in [0.25, 0.3) is 22.3 Å². The van der Waals surface area contributed by atoms with Crippen LogP contribution in [0.2, 0.25) is 0 Å². The first kappa shape index (κ1) is 32.7. The number of hydrogen-bond acceptors (Lipinski definition) is 2. The molecular formula is C40H48N2O2. The van der Waals surface area contributed by atoms with Crippen molar-refractivity contribution >= 4 is 11.8 Å². The van der Waals surface area contributed by atoms with Crippen LogP contribution in [0.1, 0.15) is 63.3 Å². The van der Waals surface area contributed by atoms with Crippen molar-refractivity contribution in [2.75, 3.05) is 6.54 Å². The minimum absolute atomic E-state index is 0.0373. The SMILES string of the molecule is CCC(CNC(=O)Cc1ccc(-c2ccc(CC(C)C)cc2)cc1)NC(=O)Cc1ccc(-c2ccc(CC(C)C)cc2)cc1. The van der Waals surface area contributed by atoms with E-state index in [4.69, 9.17) is 0 Å². The van der Waals surface area contributed by atoms with Crippen LogP contribution in [0.15, 0.2) is 97.1 Å². The van der Waals surface area contributed by atoms with Gasteiger partial charge >= 0.3 is 0 Å². The van der Waals surface area contributed by atoms with Crippen molar-refractivity contribution in [2.24, 2.45) is 11.8 Å². The summed E-state index contributed by atoms with van der Waals surface area (Å²) in [6.45, 7) is 11.4. The Hall–Kier alpha value is -4.18. The molecule has 0 aromatic heterocycles. The van der Waals surface area contributed by atoms with Gasteiger partial charge in [-0.3, -0.25) is 9.59 Å². The van der Waals surface area contributed by atoms with Crippen LogP contribution in [0, 0.1) is 11.8 Å². The molecule has 1 atom stereocenters. The minimum atomic E-state index is -0.115. The van der Waals surface area contributed by atoms with E-state index in [-0.39, 0.29) is 17.9 Å². The third-order valence-corrected chi connectivity index (χ3v) is 7.90. The van der Waals surface area contributed by atoms with E-state index in [0.29, 0.717) is 31.2 Å². The lowest BCUT2D eigenvalue weighted by atomic mass is 9.98. The largest absolute Gasteiger partial charge is 0.354 e. The summed E-state index contributed by atoms with van der Waals surface area (Å²) in [5.41, 5.74) is 9.29. The lowest BCUT2D eigenvalue weighted by molar-refractivity contribution is -0.123. The molecule has 2 N–H and O–H groups in total. The summed E-state index contributed by atoms with van der Waals surface area (Å²) in [5, 5.41) is 6.09. The van der Waals surface area contributed by atoms with Crippen molar-refractivity contribution < 1.29 is 9.59 Å². The van der Waals surface area contributed by atoms with E-state index in [1.54, 1.807) is 0 Å². The molecule has 0 fully saturated rings. The molecule has 0 spiro atoms. The zero-order valence-electron chi connectivity index (χ0n) is 27.0. The summed E-state index contributed by atoms with van der Waals surface area (Å²) in [6.07, 6.45) is 3.52. The zero-order valence-corrected chi connectivity index (χ0v) is 27.0. The molecule has 0 saturated heterocycles. The highest BCUT2D eigenvalue weighted by molar-refractivity contribution is 5.80. The Morgan fingerprint density at radius 3 is 1.20 bits per heavy atom. The molecule has 4 heteroatoms. The molecule has 44 heavy (non-hydrogen) atoms. The number of benzene rings is 4. The first-order valence-corrected chi connectivity index (χ1v) is 16.1. The van der Waals surface area contributed by atoms with Gasteiger partial charge < -0.3 is 10.6 Å². The van der Waals surface area contributed by atoms with Crippen molar-refractivity contribution in [3.63, 3.8) is 0 Å². The van der Waals surface area contributed by atoms with E-state index in [1.807, 2.05) is 31.2 Å². The van der Waals surface area contributed by atoms with Crippen LogP contribution in [0.5, 0.6) is 0 Å². The quantitative estimate of drug-likeness (QED) is 0.156. The third-order valence-electron chi connectivity index (χ3n) is 7.90. The maximum absolute atomic E-state index is 12.8. The van der Waals surface area contributed by atoms with Gasteiger partial charge in [0.05, 0.1) is 12.8 Å². The van der Waals surface area contributed by atoms with E-state index in [1.165, 1.54) is 22.3 Å². The molecule has 0 aliphatic carbocycles. The first-order chi connectivity index (χ1) is 21.2. The average Bonchev–Trinajstić information content (AvgIpc) is 3.00. The fourth-order valence-corrected chi connectivity index (χ4v) is 5.49. The zero-order chi connectivity index (χ0) is 31.5. The molecule has 0 heterocycles. The lowest BCUT2D eigenvalue weighted by Crippen LogP contribution is -2.44. The standard InChI is InChI=1S/C40H48N2O2/c1-6-38(42-40(44)26-33-13-21-37(22-14-33)35-17-9-31(10-18-35)24-29(4)5)27-41-39(43)25-32-11-19-36(20-12-32)34-15-7-30(8-16-34)23-28(2)3/h7-22,28-29,38H,6,23-27H2,1-5H3,(H,41,43)(H,42,44). The Kier molecular flexibility index (Phi) is 11.9. The summed E-state index contributed by atoms with van der Waals surface area (Å²) in [6, 6.07) is 33.7. The van der Waals surface area contributed by atoms with Crippen LogP contribution in [0.3, 0.4) is 0 Å². The van der Waals surface area contributed by atoms with E-state index in [2.05, 4.69) is 111 Å². The maximum Gasteiger partial charge on any atom is 0.224 e. The van der Waals surface area contributed by atoms with E-state index < -0.39 is 0 Å². The Bertz CT molecular complexity index is 1470. The molecular weight excluding hydrogens is 540 g/mol. The molecule has 0 aliphatic rings. The minimum Gasteiger partial charge on any atom is -0.354 e. The summed E-state index contributed by atoms with van der Waals surface area (Å²) in [7, 11) is 0. The monoisotopic (exact) mass is 588 g/mol. The van der Waals surface area contributed by atoms with Crippen LogP contribution >= 0.6 is 0 Å². The number of carbonyl (C=O) groups is 2. The summed E-state index contributed by atoms with van der Waals surface area (Å²) < 4.78 is 0. The molecule has 0 radical (unpaired) electrons. The Labute approximate surface area is 264 Å². The molecule has 0 saturated carbocycles. The predicted molar refractivity (Wildman–Crippen MR) is 183 cm³/mol. The highest BCUT2D eigenvalue weighted by atomic mass is 16.2.